The summed E-state index contributed by atoms with van der Waals surface area (Å²) in [6, 6.07) is 16.1. The van der Waals surface area contributed by atoms with Crippen LogP contribution in [0, 0.1) is 0 Å². The van der Waals surface area contributed by atoms with Gasteiger partial charge in [-0.25, -0.2) is 0 Å². The van der Waals surface area contributed by atoms with Gasteiger partial charge in [0.25, 0.3) is 0 Å². The lowest BCUT2D eigenvalue weighted by Gasteiger charge is -2.31. The van der Waals surface area contributed by atoms with Crippen molar-refractivity contribution in [2.75, 3.05) is 49.7 Å². The maximum absolute atomic E-state index is 12.8. The number of morpholine rings is 1. The lowest BCUT2D eigenvalue weighted by Crippen LogP contribution is -2.37. The van der Waals surface area contributed by atoms with Gasteiger partial charge in [0.15, 0.2) is 0 Å². The van der Waals surface area contributed by atoms with E-state index in [0.29, 0.717) is 19.4 Å². The Kier molecular flexibility index (Phi) is 6.33. The van der Waals surface area contributed by atoms with Gasteiger partial charge in [-0.3, -0.25) is 9.59 Å². The Balaban J connectivity index is 1.38. The number of hydrogen-bond acceptors (Lipinski definition) is 4. The molecule has 2 aliphatic heterocycles. The maximum Gasteiger partial charge on any atom is 0.227 e. The van der Waals surface area contributed by atoms with E-state index in [2.05, 4.69) is 17.0 Å². The second kappa shape index (κ2) is 9.30. The van der Waals surface area contributed by atoms with Crippen LogP contribution in [0.1, 0.15) is 24.0 Å². The Bertz CT molecular complexity index is 891. The molecular weight excluding hydrogens is 378 g/mol. The highest BCUT2D eigenvalue weighted by Gasteiger charge is 2.22. The Morgan fingerprint density at radius 3 is 2.47 bits per heavy atom. The first-order valence-corrected chi connectivity index (χ1v) is 10.7. The molecule has 2 fully saturated rings. The molecule has 2 aromatic carbocycles. The molecular formula is C24H29N3O3. The molecule has 2 amide bonds. The third kappa shape index (κ3) is 4.65. The molecule has 0 atom stereocenters. The molecule has 6 heteroatoms. The summed E-state index contributed by atoms with van der Waals surface area (Å²) >= 11 is 0. The summed E-state index contributed by atoms with van der Waals surface area (Å²) < 4.78 is 5.47. The molecule has 0 N–H and O–H groups in total. The normalized spacial score (nSPS) is 16.8. The number of rotatable bonds is 6. The smallest absolute Gasteiger partial charge is 0.227 e. The van der Waals surface area contributed by atoms with Crippen LogP contribution >= 0.6 is 0 Å². The summed E-state index contributed by atoms with van der Waals surface area (Å²) in [6.45, 7) is 4.58. The van der Waals surface area contributed by atoms with Crippen molar-refractivity contribution in [1.82, 2.24) is 4.90 Å². The van der Waals surface area contributed by atoms with Crippen LogP contribution in [0.25, 0.3) is 0 Å². The number of anilines is 2. The lowest BCUT2D eigenvalue weighted by atomic mass is 10.1. The number of benzene rings is 2. The highest BCUT2D eigenvalue weighted by Crippen LogP contribution is 2.24. The minimum Gasteiger partial charge on any atom is -0.378 e. The molecule has 0 spiro atoms. The van der Waals surface area contributed by atoms with Gasteiger partial charge in [0.2, 0.25) is 11.8 Å². The van der Waals surface area contributed by atoms with Crippen LogP contribution in [0.2, 0.25) is 0 Å². The van der Waals surface area contributed by atoms with Crippen LogP contribution in [0.4, 0.5) is 11.4 Å². The summed E-state index contributed by atoms with van der Waals surface area (Å²) in [7, 11) is 1.86. The Morgan fingerprint density at radius 1 is 1.03 bits per heavy atom. The molecule has 0 radical (unpaired) electrons. The fourth-order valence-corrected chi connectivity index (χ4v) is 4.13. The minimum absolute atomic E-state index is 0.0804. The number of ether oxygens (including phenoxy) is 1. The topological polar surface area (TPSA) is 53.1 Å². The van der Waals surface area contributed by atoms with Crippen molar-refractivity contribution >= 4 is 23.2 Å². The van der Waals surface area contributed by atoms with Crippen molar-refractivity contribution in [3.8, 4) is 0 Å². The SMILES string of the molecule is CN(Cc1ccccc1N1CCOCC1)C(=O)Cc1ccc(N2CCCC2=O)cc1. The van der Waals surface area contributed by atoms with E-state index < -0.39 is 0 Å². The van der Waals surface area contributed by atoms with Gasteiger partial charge in [0.1, 0.15) is 0 Å². The lowest BCUT2D eigenvalue weighted by molar-refractivity contribution is -0.129. The number of para-hydroxylation sites is 1. The summed E-state index contributed by atoms with van der Waals surface area (Å²) in [6.07, 6.45) is 1.89. The Hall–Kier alpha value is -2.86. The van der Waals surface area contributed by atoms with E-state index in [0.717, 1.165) is 56.1 Å². The van der Waals surface area contributed by atoms with Gasteiger partial charge >= 0.3 is 0 Å². The quantitative estimate of drug-likeness (QED) is 0.739. The third-order valence-corrected chi connectivity index (χ3v) is 5.85. The highest BCUT2D eigenvalue weighted by atomic mass is 16.5. The zero-order chi connectivity index (χ0) is 20.9. The second-order valence-electron chi connectivity index (χ2n) is 7.97. The first-order chi connectivity index (χ1) is 14.6. The van der Waals surface area contributed by atoms with Gasteiger partial charge in [-0.05, 0) is 35.7 Å². The van der Waals surface area contributed by atoms with Gasteiger partial charge in [-0.1, -0.05) is 30.3 Å². The molecule has 0 unspecified atom stereocenters. The molecule has 30 heavy (non-hydrogen) atoms. The van der Waals surface area contributed by atoms with Gasteiger partial charge in [-0.15, -0.1) is 0 Å². The first-order valence-electron chi connectivity index (χ1n) is 10.7. The average Bonchev–Trinajstić information content (AvgIpc) is 3.21. The van der Waals surface area contributed by atoms with E-state index >= 15 is 0 Å². The van der Waals surface area contributed by atoms with Gasteiger partial charge in [0, 0.05) is 51.0 Å². The standard InChI is InChI=1S/C24H29N3O3/c1-25(18-20-5-2-3-6-22(20)26-13-15-30-16-14-26)24(29)17-19-8-10-21(11-9-19)27-12-4-7-23(27)28/h2-3,5-6,8-11H,4,7,12-18H2,1H3. The average molecular weight is 408 g/mol. The molecule has 158 valence electrons. The number of amides is 2. The predicted octanol–water partition coefficient (Wildman–Crippen LogP) is 2.85. The van der Waals surface area contributed by atoms with Crippen molar-refractivity contribution < 1.29 is 14.3 Å². The molecule has 2 heterocycles. The third-order valence-electron chi connectivity index (χ3n) is 5.85. The molecule has 0 bridgehead atoms. The van der Waals surface area contributed by atoms with Crippen molar-refractivity contribution in [3.63, 3.8) is 0 Å². The van der Waals surface area contributed by atoms with E-state index in [4.69, 9.17) is 4.74 Å². The van der Waals surface area contributed by atoms with E-state index in [9.17, 15) is 9.59 Å². The van der Waals surface area contributed by atoms with E-state index in [1.165, 1.54) is 5.69 Å². The van der Waals surface area contributed by atoms with Crippen LogP contribution in [0.3, 0.4) is 0 Å². The number of hydrogen-bond donors (Lipinski definition) is 0. The van der Waals surface area contributed by atoms with Crippen molar-refractivity contribution in [3.05, 3.63) is 59.7 Å². The van der Waals surface area contributed by atoms with Crippen LogP contribution in [-0.2, 0) is 27.3 Å². The van der Waals surface area contributed by atoms with Gasteiger partial charge < -0.3 is 19.4 Å². The Morgan fingerprint density at radius 2 is 1.77 bits per heavy atom. The van der Waals surface area contributed by atoms with Crippen molar-refractivity contribution in [2.45, 2.75) is 25.8 Å². The molecule has 2 saturated heterocycles. The Labute approximate surface area is 178 Å². The molecule has 0 aliphatic carbocycles. The second-order valence-corrected chi connectivity index (χ2v) is 7.97. The fraction of sp³-hybridized carbons (Fsp3) is 0.417. The van der Waals surface area contributed by atoms with E-state index in [1.807, 2.05) is 48.3 Å². The van der Waals surface area contributed by atoms with Crippen LogP contribution in [0.15, 0.2) is 48.5 Å². The zero-order valence-corrected chi connectivity index (χ0v) is 17.5. The first kappa shape index (κ1) is 20.4. The van der Waals surface area contributed by atoms with Crippen LogP contribution in [0.5, 0.6) is 0 Å². The molecule has 4 rings (SSSR count). The molecule has 0 aromatic heterocycles. The minimum atomic E-state index is 0.0804. The number of carbonyl (C=O) groups is 2. The maximum atomic E-state index is 12.8. The molecule has 2 aliphatic rings. The highest BCUT2D eigenvalue weighted by molar-refractivity contribution is 5.95. The number of carbonyl (C=O) groups excluding carboxylic acids is 2. The largest absolute Gasteiger partial charge is 0.378 e. The summed E-state index contributed by atoms with van der Waals surface area (Å²) in [4.78, 5) is 30.7. The van der Waals surface area contributed by atoms with Crippen molar-refractivity contribution in [2.24, 2.45) is 0 Å². The van der Waals surface area contributed by atoms with Gasteiger partial charge in [-0.2, -0.15) is 0 Å². The van der Waals surface area contributed by atoms with Crippen molar-refractivity contribution in [1.29, 1.82) is 0 Å². The summed E-state index contributed by atoms with van der Waals surface area (Å²) in [5, 5.41) is 0. The molecule has 2 aromatic rings. The van der Waals surface area contributed by atoms with Gasteiger partial charge in [0.05, 0.1) is 19.6 Å². The predicted molar refractivity (Wildman–Crippen MR) is 118 cm³/mol. The van der Waals surface area contributed by atoms with E-state index in [-0.39, 0.29) is 11.8 Å². The zero-order valence-electron chi connectivity index (χ0n) is 17.5. The monoisotopic (exact) mass is 407 g/mol. The van der Waals surface area contributed by atoms with Crippen LogP contribution in [-0.4, -0.2) is 56.6 Å². The molecule has 6 nitrogen and oxygen atoms in total. The molecule has 0 saturated carbocycles. The summed E-state index contributed by atoms with van der Waals surface area (Å²) in [5.74, 6) is 0.259. The fourth-order valence-electron chi connectivity index (χ4n) is 4.13. The number of likely N-dealkylation sites (N-methyl/N-ethyl adjacent to an activating group) is 1. The number of nitrogens with zero attached hydrogens (tertiary/aromatic N) is 3. The summed E-state index contributed by atoms with van der Waals surface area (Å²) in [5.41, 5.74) is 4.21. The van der Waals surface area contributed by atoms with E-state index in [1.54, 1.807) is 4.90 Å². The van der Waals surface area contributed by atoms with Crippen LogP contribution < -0.4 is 9.80 Å².